The molecule has 1 aromatic heterocycles. The number of thioether (sulfide) groups is 1. The number of hydrogen-bond donors (Lipinski definition) is 1. The van der Waals surface area contributed by atoms with Crippen LogP contribution in [0.1, 0.15) is 31.5 Å². The van der Waals surface area contributed by atoms with E-state index in [1.807, 2.05) is 55.5 Å². The van der Waals surface area contributed by atoms with Gasteiger partial charge in [0.05, 0.1) is 16.6 Å². The van der Waals surface area contributed by atoms with Gasteiger partial charge >= 0.3 is 0 Å². The number of fused-ring (bicyclic) bond motifs is 1. The Morgan fingerprint density at radius 3 is 2.60 bits per heavy atom. The van der Waals surface area contributed by atoms with Crippen molar-refractivity contribution in [2.45, 2.75) is 36.1 Å². The highest BCUT2D eigenvalue weighted by Gasteiger charge is 2.34. The second-order valence-electron chi connectivity index (χ2n) is 7.54. The van der Waals surface area contributed by atoms with Crippen LogP contribution in [0.3, 0.4) is 0 Å². The summed E-state index contributed by atoms with van der Waals surface area (Å²) in [5, 5.41) is 11.9. The predicted molar refractivity (Wildman–Crippen MR) is 116 cm³/mol. The molecular formula is C22H21N5O2S. The summed E-state index contributed by atoms with van der Waals surface area (Å²) in [7, 11) is 0. The molecule has 0 saturated heterocycles. The highest BCUT2D eigenvalue weighted by atomic mass is 32.2. The minimum absolute atomic E-state index is 0.0133. The summed E-state index contributed by atoms with van der Waals surface area (Å²) in [4.78, 5) is 26.9. The minimum Gasteiger partial charge on any atom is -0.323 e. The number of hydrogen-bond acceptors (Lipinski definition) is 5. The van der Waals surface area contributed by atoms with Gasteiger partial charge in [-0.3, -0.25) is 19.1 Å². The van der Waals surface area contributed by atoms with Crippen molar-refractivity contribution in [3.63, 3.8) is 0 Å². The van der Waals surface area contributed by atoms with Gasteiger partial charge in [0, 0.05) is 11.6 Å². The zero-order valence-corrected chi connectivity index (χ0v) is 17.3. The average Bonchev–Trinajstić information content (AvgIpc) is 3.53. The smallest absolute Gasteiger partial charge is 0.244 e. The third-order valence-corrected chi connectivity index (χ3v) is 6.31. The van der Waals surface area contributed by atoms with E-state index in [0.29, 0.717) is 16.8 Å². The SMILES string of the molecule is C[C@H](Sc1nnc(C2CC2)n1-c1ccccc1)C(=O)N1CC(=O)Nc2ccccc21. The maximum atomic E-state index is 13.3. The van der Waals surface area contributed by atoms with Crippen molar-refractivity contribution in [1.82, 2.24) is 14.8 Å². The number of anilines is 2. The summed E-state index contributed by atoms with van der Waals surface area (Å²) in [5.41, 5.74) is 2.37. The monoisotopic (exact) mass is 419 g/mol. The number of aromatic nitrogens is 3. The van der Waals surface area contributed by atoms with Gasteiger partial charge in [-0.1, -0.05) is 42.1 Å². The highest BCUT2D eigenvalue weighted by Crippen LogP contribution is 2.41. The van der Waals surface area contributed by atoms with Gasteiger partial charge in [0.25, 0.3) is 0 Å². The lowest BCUT2D eigenvalue weighted by Crippen LogP contribution is -2.45. The number of benzene rings is 2. The number of rotatable bonds is 5. The van der Waals surface area contributed by atoms with Crippen LogP contribution in [0.5, 0.6) is 0 Å². The van der Waals surface area contributed by atoms with Crippen molar-refractivity contribution in [1.29, 1.82) is 0 Å². The Labute approximate surface area is 178 Å². The first kappa shape index (κ1) is 18.9. The molecule has 2 aromatic carbocycles. The van der Waals surface area contributed by atoms with Crippen molar-refractivity contribution >= 4 is 35.0 Å². The van der Waals surface area contributed by atoms with Crippen LogP contribution in [-0.2, 0) is 9.59 Å². The molecule has 0 bridgehead atoms. The standard InChI is InChI=1S/C22H21N5O2S/c1-14(21(29)26-13-19(28)23-17-9-5-6-10-18(17)26)30-22-25-24-20(15-11-12-15)27(22)16-7-3-2-4-8-16/h2-10,14-15H,11-13H2,1H3,(H,23,28)/t14-/m0/s1. The summed E-state index contributed by atoms with van der Waals surface area (Å²) in [6.45, 7) is 1.86. The van der Waals surface area contributed by atoms with E-state index in [0.717, 1.165) is 30.0 Å². The van der Waals surface area contributed by atoms with Gasteiger partial charge in [0.15, 0.2) is 5.16 Å². The van der Waals surface area contributed by atoms with Crippen molar-refractivity contribution in [2.75, 3.05) is 16.8 Å². The molecular weight excluding hydrogens is 398 g/mol. The fourth-order valence-electron chi connectivity index (χ4n) is 3.64. The van der Waals surface area contributed by atoms with Gasteiger partial charge < -0.3 is 5.32 Å². The van der Waals surface area contributed by atoms with E-state index in [2.05, 4.69) is 20.1 Å². The van der Waals surface area contributed by atoms with Crippen molar-refractivity contribution in [2.24, 2.45) is 0 Å². The van der Waals surface area contributed by atoms with E-state index in [4.69, 9.17) is 0 Å². The van der Waals surface area contributed by atoms with E-state index < -0.39 is 5.25 Å². The topological polar surface area (TPSA) is 80.1 Å². The third-order valence-electron chi connectivity index (χ3n) is 5.28. The van der Waals surface area contributed by atoms with Crippen LogP contribution in [0.4, 0.5) is 11.4 Å². The number of para-hydroxylation sites is 3. The molecule has 1 fully saturated rings. The number of carbonyl (C=O) groups is 2. The van der Waals surface area contributed by atoms with E-state index in [9.17, 15) is 9.59 Å². The van der Waals surface area contributed by atoms with Gasteiger partial charge in [0.1, 0.15) is 12.4 Å². The molecule has 1 aliphatic carbocycles. The first-order valence-electron chi connectivity index (χ1n) is 9.99. The average molecular weight is 420 g/mol. The highest BCUT2D eigenvalue weighted by molar-refractivity contribution is 8.00. The first-order valence-corrected chi connectivity index (χ1v) is 10.9. The normalized spacial score (nSPS) is 16.7. The summed E-state index contributed by atoms with van der Waals surface area (Å²) < 4.78 is 2.06. The Balaban J connectivity index is 1.43. The van der Waals surface area contributed by atoms with Crippen molar-refractivity contribution in [3.05, 3.63) is 60.4 Å². The van der Waals surface area contributed by atoms with Gasteiger partial charge in [-0.05, 0) is 44.0 Å². The molecule has 3 aromatic rings. The van der Waals surface area contributed by atoms with Gasteiger partial charge in [-0.15, -0.1) is 10.2 Å². The van der Waals surface area contributed by atoms with E-state index in [-0.39, 0.29) is 18.4 Å². The zero-order chi connectivity index (χ0) is 20.7. The molecule has 2 heterocycles. The maximum absolute atomic E-state index is 13.3. The first-order chi connectivity index (χ1) is 14.6. The fraction of sp³-hybridized carbons (Fsp3) is 0.273. The molecule has 152 valence electrons. The van der Waals surface area contributed by atoms with E-state index in [1.165, 1.54) is 11.8 Å². The molecule has 1 saturated carbocycles. The minimum atomic E-state index is -0.428. The summed E-state index contributed by atoms with van der Waals surface area (Å²) in [6, 6.07) is 17.3. The van der Waals surface area contributed by atoms with Gasteiger partial charge in [-0.25, -0.2) is 0 Å². The Morgan fingerprint density at radius 1 is 1.10 bits per heavy atom. The van der Waals surface area contributed by atoms with Crippen LogP contribution in [0.25, 0.3) is 5.69 Å². The summed E-state index contributed by atoms with van der Waals surface area (Å²) >= 11 is 1.38. The largest absolute Gasteiger partial charge is 0.323 e. The Bertz CT molecular complexity index is 1110. The number of nitrogens with one attached hydrogen (secondary N) is 1. The third kappa shape index (κ3) is 3.47. The molecule has 1 atom stereocenters. The zero-order valence-electron chi connectivity index (χ0n) is 16.5. The number of carbonyl (C=O) groups excluding carboxylic acids is 2. The van der Waals surface area contributed by atoms with Gasteiger partial charge in [0.2, 0.25) is 11.8 Å². The van der Waals surface area contributed by atoms with Crippen LogP contribution in [0.2, 0.25) is 0 Å². The Hall–Kier alpha value is -3.13. The van der Waals surface area contributed by atoms with Gasteiger partial charge in [-0.2, -0.15) is 0 Å². The molecule has 30 heavy (non-hydrogen) atoms. The predicted octanol–water partition coefficient (Wildman–Crippen LogP) is 3.61. The number of nitrogens with zero attached hydrogens (tertiary/aromatic N) is 4. The molecule has 8 heteroatoms. The number of amides is 2. The van der Waals surface area contributed by atoms with Crippen molar-refractivity contribution < 1.29 is 9.59 Å². The van der Waals surface area contributed by atoms with E-state index in [1.54, 1.807) is 11.0 Å². The lowest BCUT2D eigenvalue weighted by Gasteiger charge is -2.30. The van der Waals surface area contributed by atoms with Crippen LogP contribution in [-0.4, -0.2) is 38.4 Å². The Kier molecular flexibility index (Phi) is 4.78. The summed E-state index contributed by atoms with van der Waals surface area (Å²) in [5.74, 6) is 1.06. The molecule has 0 unspecified atom stereocenters. The molecule has 2 aliphatic rings. The fourth-order valence-corrected chi connectivity index (χ4v) is 4.58. The molecule has 1 aliphatic heterocycles. The second-order valence-corrected chi connectivity index (χ2v) is 8.84. The maximum Gasteiger partial charge on any atom is 0.244 e. The second kappa shape index (κ2) is 7.60. The molecule has 7 nitrogen and oxygen atoms in total. The van der Waals surface area contributed by atoms with Crippen LogP contribution in [0.15, 0.2) is 59.8 Å². The van der Waals surface area contributed by atoms with E-state index >= 15 is 0 Å². The Morgan fingerprint density at radius 2 is 1.83 bits per heavy atom. The quantitative estimate of drug-likeness (QED) is 0.639. The molecule has 0 radical (unpaired) electrons. The molecule has 5 rings (SSSR count). The summed E-state index contributed by atoms with van der Waals surface area (Å²) in [6.07, 6.45) is 2.23. The lowest BCUT2D eigenvalue weighted by molar-refractivity contribution is -0.121. The molecule has 1 N–H and O–H groups in total. The van der Waals surface area contributed by atoms with Crippen molar-refractivity contribution in [3.8, 4) is 5.69 Å². The molecule has 2 amide bonds. The van der Waals surface area contributed by atoms with Crippen LogP contribution >= 0.6 is 11.8 Å². The lowest BCUT2D eigenvalue weighted by atomic mass is 10.2. The van der Waals surface area contributed by atoms with Crippen LogP contribution in [0, 0.1) is 0 Å². The molecule has 0 spiro atoms. The van der Waals surface area contributed by atoms with Crippen LogP contribution < -0.4 is 10.2 Å².